The van der Waals surface area contributed by atoms with Gasteiger partial charge in [-0.2, -0.15) is 0 Å². The summed E-state index contributed by atoms with van der Waals surface area (Å²) in [6.07, 6.45) is 1.04. The van der Waals surface area contributed by atoms with E-state index in [0.717, 1.165) is 31.6 Å². The van der Waals surface area contributed by atoms with Gasteiger partial charge in [-0.05, 0) is 49.9 Å². The van der Waals surface area contributed by atoms with Crippen molar-refractivity contribution in [2.24, 2.45) is 5.92 Å². The number of rotatable bonds is 8. The van der Waals surface area contributed by atoms with Crippen molar-refractivity contribution in [3.8, 4) is 11.5 Å². The molecule has 0 saturated carbocycles. The van der Waals surface area contributed by atoms with Gasteiger partial charge >= 0.3 is 0 Å². The molecule has 2 aromatic carbocycles. The van der Waals surface area contributed by atoms with Crippen LogP contribution >= 0.6 is 11.6 Å². The first kappa shape index (κ1) is 29.1. The highest BCUT2D eigenvalue weighted by Crippen LogP contribution is 2.43. The smallest absolute Gasteiger partial charge is 0.251 e. The Morgan fingerprint density at radius 3 is 2.35 bits per heavy atom. The van der Waals surface area contributed by atoms with E-state index in [-0.39, 0.29) is 30.2 Å². The molecule has 0 aliphatic carbocycles. The number of carbonyl (C=O) groups is 2. The topological polar surface area (TPSA) is 87.2 Å². The molecule has 226 valence electrons. The molecule has 1 aromatic heterocycles. The highest BCUT2D eigenvalue weighted by Gasteiger charge is 2.46. The minimum absolute atomic E-state index is 0.0223. The Morgan fingerprint density at radius 1 is 1.02 bits per heavy atom. The zero-order chi connectivity index (χ0) is 30.4. The van der Waals surface area contributed by atoms with Gasteiger partial charge in [0.1, 0.15) is 23.2 Å². The first-order valence-electron chi connectivity index (χ1n) is 14.1. The molecule has 4 heterocycles. The maximum Gasteiger partial charge on any atom is 0.251 e. The van der Waals surface area contributed by atoms with Crippen LogP contribution in [-0.4, -0.2) is 81.2 Å². The third-order valence-corrected chi connectivity index (χ3v) is 9.06. The first-order valence-corrected chi connectivity index (χ1v) is 14.5. The quantitative estimate of drug-likeness (QED) is 0.410. The summed E-state index contributed by atoms with van der Waals surface area (Å²) in [7, 11) is 4.91. The molecule has 4 atom stereocenters. The number of nitrogens with one attached hydrogen (secondary N) is 1. The minimum Gasteiger partial charge on any atom is -0.497 e. The summed E-state index contributed by atoms with van der Waals surface area (Å²) in [4.78, 5) is 37.8. The number of benzene rings is 2. The number of anilines is 2. The van der Waals surface area contributed by atoms with Gasteiger partial charge in [0.15, 0.2) is 11.6 Å². The van der Waals surface area contributed by atoms with Crippen molar-refractivity contribution in [3.63, 3.8) is 0 Å². The second-order valence-corrected chi connectivity index (χ2v) is 11.7. The molecule has 43 heavy (non-hydrogen) atoms. The zero-order valence-corrected chi connectivity index (χ0v) is 24.8. The third-order valence-electron chi connectivity index (χ3n) is 8.81. The second kappa shape index (κ2) is 11.6. The highest BCUT2D eigenvalue weighted by molar-refractivity contribution is 6.30. The maximum atomic E-state index is 15.4. The van der Waals surface area contributed by atoms with Crippen molar-refractivity contribution >= 4 is 35.1 Å². The SMILES string of the molecule is COc1cc(F)c([C@@H]2CN(c3nc(N4C[C@@H]5C[C@H]4CN5C)ccc3OC)C(=O)C2CNC(=O)c2ccc(Cl)cc2)c(F)c1. The number of piperazine rings is 1. The van der Waals surface area contributed by atoms with Gasteiger partial charge in [0.25, 0.3) is 5.91 Å². The first-order chi connectivity index (χ1) is 20.7. The average molecular weight is 612 g/mol. The van der Waals surface area contributed by atoms with Gasteiger partial charge in [0.05, 0.1) is 20.1 Å². The third kappa shape index (κ3) is 5.36. The Kier molecular flexibility index (Phi) is 7.87. The molecule has 1 unspecified atom stereocenters. The number of pyridine rings is 1. The van der Waals surface area contributed by atoms with Crippen molar-refractivity contribution < 1.29 is 27.8 Å². The van der Waals surface area contributed by atoms with E-state index in [9.17, 15) is 9.59 Å². The number of carbonyl (C=O) groups excluding carboxylic acids is 2. The van der Waals surface area contributed by atoms with E-state index in [4.69, 9.17) is 26.1 Å². The molecule has 2 amide bonds. The van der Waals surface area contributed by atoms with Crippen LogP contribution in [0.25, 0.3) is 0 Å². The average Bonchev–Trinajstić information content (AvgIpc) is 3.67. The molecule has 12 heteroatoms. The predicted octanol–water partition coefficient (Wildman–Crippen LogP) is 4.10. The number of ether oxygens (including phenoxy) is 2. The Balaban J connectivity index is 1.34. The number of likely N-dealkylation sites (N-methyl/N-ethyl adjacent to an activating group) is 1. The fourth-order valence-corrected chi connectivity index (χ4v) is 6.65. The van der Waals surface area contributed by atoms with E-state index in [1.54, 1.807) is 30.3 Å². The van der Waals surface area contributed by atoms with Crippen LogP contribution in [0.15, 0.2) is 48.5 Å². The van der Waals surface area contributed by atoms with Crippen LogP contribution in [0, 0.1) is 17.6 Å². The van der Waals surface area contributed by atoms with Crippen molar-refractivity contribution in [1.29, 1.82) is 0 Å². The van der Waals surface area contributed by atoms with Crippen molar-refractivity contribution in [2.45, 2.75) is 24.4 Å². The van der Waals surface area contributed by atoms with E-state index in [1.807, 2.05) is 6.07 Å². The van der Waals surface area contributed by atoms with Crippen LogP contribution in [-0.2, 0) is 4.79 Å². The predicted molar refractivity (Wildman–Crippen MR) is 158 cm³/mol. The number of aromatic nitrogens is 1. The monoisotopic (exact) mass is 611 g/mol. The lowest BCUT2D eigenvalue weighted by Gasteiger charge is -2.33. The van der Waals surface area contributed by atoms with E-state index in [1.165, 1.54) is 19.1 Å². The molecule has 3 saturated heterocycles. The lowest BCUT2D eigenvalue weighted by molar-refractivity contribution is -0.120. The maximum absolute atomic E-state index is 15.4. The summed E-state index contributed by atoms with van der Waals surface area (Å²) < 4.78 is 41.4. The molecule has 3 aliphatic rings. The summed E-state index contributed by atoms with van der Waals surface area (Å²) in [5.74, 6) is -3.10. The molecule has 3 fully saturated rings. The van der Waals surface area contributed by atoms with Crippen LogP contribution in [0.4, 0.5) is 20.4 Å². The largest absolute Gasteiger partial charge is 0.497 e. The van der Waals surface area contributed by atoms with Gasteiger partial charge < -0.3 is 19.7 Å². The Labute approximate surface area is 253 Å². The van der Waals surface area contributed by atoms with Crippen molar-refractivity contribution in [2.75, 3.05) is 57.2 Å². The standard InChI is InChI=1S/C31H32ClF2N5O4/c1-37-14-20-10-19(37)15-38(20)27-9-8-26(43-3)29(36-27)39-16-23(28-24(33)11-21(42-2)12-25(28)34)22(31(39)41)13-35-30(40)17-4-6-18(32)7-5-17/h4-9,11-12,19-20,22-23H,10,13-16H2,1-3H3,(H,35,40)/t19-,20-,22?,23+/m0/s1. The Bertz CT molecular complexity index is 1530. The van der Waals surface area contributed by atoms with Crippen molar-refractivity contribution in [3.05, 3.63) is 76.3 Å². The fourth-order valence-electron chi connectivity index (χ4n) is 6.52. The summed E-state index contributed by atoms with van der Waals surface area (Å²) in [6.45, 7) is 1.51. The lowest BCUT2D eigenvalue weighted by Crippen LogP contribution is -2.45. The number of fused-ring (bicyclic) bond motifs is 2. The van der Waals surface area contributed by atoms with E-state index in [0.29, 0.717) is 34.2 Å². The normalized spacial score (nSPS) is 23.3. The highest BCUT2D eigenvalue weighted by atomic mass is 35.5. The number of amides is 2. The lowest BCUT2D eigenvalue weighted by atomic mass is 9.87. The summed E-state index contributed by atoms with van der Waals surface area (Å²) in [6, 6.07) is 12.8. The molecule has 6 rings (SSSR count). The number of likely N-dealkylation sites (tertiary alicyclic amines) is 1. The molecule has 9 nitrogen and oxygen atoms in total. The summed E-state index contributed by atoms with van der Waals surface area (Å²) in [5, 5.41) is 3.24. The minimum atomic E-state index is -0.986. The van der Waals surface area contributed by atoms with E-state index in [2.05, 4.69) is 22.2 Å². The van der Waals surface area contributed by atoms with Crippen LogP contribution in [0.3, 0.4) is 0 Å². The number of methoxy groups -OCH3 is 2. The van der Waals surface area contributed by atoms with Gasteiger partial charge in [0, 0.05) is 72.5 Å². The van der Waals surface area contributed by atoms with Crippen LogP contribution in [0.2, 0.25) is 5.02 Å². The van der Waals surface area contributed by atoms with Gasteiger partial charge in [-0.1, -0.05) is 11.6 Å². The van der Waals surface area contributed by atoms with Gasteiger partial charge in [0.2, 0.25) is 5.91 Å². The molecule has 0 spiro atoms. The summed E-state index contributed by atoms with van der Waals surface area (Å²) in [5.41, 5.74) is 0.0871. The van der Waals surface area contributed by atoms with E-state index < -0.39 is 35.3 Å². The van der Waals surface area contributed by atoms with Gasteiger partial charge in [-0.15, -0.1) is 0 Å². The van der Waals surface area contributed by atoms with Crippen LogP contribution < -0.4 is 24.6 Å². The van der Waals surface area contributed by atoms with Crippen LogP contribution in [0.5, 0.6) is 11.5 Å². The molecule has 1 N–H and O–H groups in total. The molecule has 2 bridgehead atoms. The molecule has 0 radical (unpaired) electrons. The number of halogens is 3. The fraction of sp³-hybridized carbons (Fsp3) is 0.387. The summed E-state index contributed by atoms with van der Waals surface area (Å²) >= 11 is 5.95. The number of hydrogen-bond donors (Lipinski definition) is 1. The van der Waals surface area contributed by atoms with E-state index >= 15 is 8.78 Å². The molecular weight excluding hydrogens is 580 g/mol. The Morgan fingerprint density at radius 2 is 1.74 bits per heavy atom. The van der Waals surface area contributed by atoms with Crippen molar-refractivity contribution in [1.82, 2.24) is 15.2 Å². The Hall–Kier alpha value is -3.96. The van der Waals surface area contributed by atoms with Gasteiger partial charge in [-0.25, -0.2) is 13.8 Å². The second-order valence-electron chi connectivity index (χ2n) is 11.2. The zero-order valence-electron chi connectivity index (χ0n) is 24.0. The molecule has 3 aromatic rings. The van der Waals surface area contributed by atoms with Gasteiger partial charge in [-0.3, -0.25) is 19.4 Å². The van der Waals surface area contributed by atoms with Crippen LogP contribution in [0.1, 0.15) is 28.3 Å². The molecular formula is C31H32ClF2N5O4. The number of hydrogen-bond acceptors (Lipinski definition) is 7. The molecule has 3 aliphatic heterocycles. The number of nitrogens with zero attached hydrogens (tertiary/aromatic N) is 4.